The summed E-state index contributed by atoms with van der Waals surface area (Å²) in [6.07, 6.45) is 2.71. The second-order valence-corrected chi connectivity index (χ2v) is 16.8. The number of amidine groups is 1. The fraction of sp³-hybridized carbons (Fsp3) is 0.239. The van der Waals surface area contributed by atoms with E-state index in [1.54, 1.807) is 84.9 Å². The molecule has 7 N–H and O–H groups in total. The van der Waals surface area contributed by atoms with E-state index >= 15 is 0 Å². The van der Waals surface area contributed by atoms with Crippen LogP contribution < -0.4 is 20.5 Å². The molecule has 23 heteroatoms. The first kappa shape index (κ1) is 52.6. The van der Waals surface area contributed by atoms with Crippen LogP contribution in [0.1, 0.15) is 47.5 Å². The van der Waals surface area contributed by atoms with Crippen molar-refractivity contribution in [2.45, 2.75) is 50.2 Å². The molecule has 5 aromatic rings. The fourth-order valence-electron chi connectivity index (χ4n) is 6.14. The quantitative estimate of drug-likeness (QED) is 0.0107. The molecule has 1 aromatic heterocycles. The highest BCUT2D eigenvalue weighted by Gasteiger charge is 2.27. The summed E-state index contributed by atoms with van der Waals surface area (Å²) in [5.41, 5.74) is 8.72. The van der Waals surface area contributed by atoms with Crippen molar-refractivity contribution < 1.29 is 72.2 Å². The van der Waals surface area contributed by atoms with Crippen LogP contribution in [0.15, 0.2) is 143 Å². The Morgan fingerprint density at radius 1 is 0.739 bits per heavy atom. The molecule has 4 aromatic carbocycles. The summed E-state index contributed by atoms with van der Waals surface area (Å²) in [4.78, 5) is 43.0. The maximum Gasteiger partial charge on any atom is 0.310 e. The molecule has 0 radical (unpaired) electrons. The molecular formula is C46H51N7O15S. The van der Waals surface area contributed by atoms with E-state index in [2.05, 4.69) is 35.9 Å². The van der Waals surface area contributed by atoms with Crippen LogP contribution in [0.25, 0.3) is 5.70 Å². The lowest BCUT2D eigenvalue weighted by Gasteiger charge is -2.25. The number of hydrogen-bond acceptors (Lipinski definition) is 20. The van der Waals surface area contributed by atoms with Gasteiger partial charge in [-0.25, -0.2) is 19.6 Å². The number of carbonyl (C=O) groups is 2. The Kier molecular flexibility index (Phi) is 19.2. The average Bonchev–Trinajstić information content (AvgIpc) is 3.32. The lowest BCUT2D eigenvalue weighted by molar-refractivity contribution is -0.497. The Morgan fingerprint density at radius 2 is 1.28 bits per heavy atom. The van der Waals surface area contributed by atoms with Crippen molar-refractivity contribution in [3.8, 4) is 11.5 Å². The van der Waals surface area contributed by atoms with Crippen molar-refractivity contribution >= 4 is 33.5 Å². The van der Waals surface area contributed by atoms with Crippen molar-refractivity contribution in [1.82, 2.24) is 26.1 Å². The Labute approximate surface area is 396 Å². The molecule has 0 saturated heterocycles. The summed E-state index contributed by atoms with van der Waals surface area (Å²) in [5, 5.41) is 37.4. The predicted octanol–water partition coefficient (Wildman–Crippen LogP) is 4.93. The van der Waals surface area contributed by atoms with Gasteiger partial charge in [-0.3, -0.25) is 30.4 Å². The lowest BCUT2D eigenvalue weighted by Crippen LogP contribution is -2.29. The van der Waals surface area contributed by atoms with Gasteiger partial charge in [0.05, 0.1) is 54.5 Å². The van der Waals surface area contributed by atoms with Gasteiger partial charge >= 0.3 is 11.9 Å². The van der Waals surface area contributed by atoms with E-state index in [0.29, 0.717) is 27.8 Å². The average molecular weight is 974 g/mol. The number of hydrogen-bond donors (Lipinski definition) is 6. The molecule has 366 valence electrons. The van der Waals surface area contributed by atoms with Gasteiger partial charge in [-0.2, -0.15) is 8.42 Å². The summed E-state index contributed by atoms with van der Waals surface area (Å²) < 4.78 is 60.5. The molecule has 22 nitrogen and oxygen atoms in total. The Balaban J connectivity index is 1.36. The van der Waals surface area contributed by atoms with Crippen molar-refractivity contribution in [2.24, 2.45) is 10.1 Å². The summed E-state index contributed by atoms with van der Waals surface area (Å²) in [5.74, 6) is -2.19. The Hall–Kier alpha value is -7.32. The minimum Gasteiger partial charge on any atom is -0.493 e. The van der Waals surface area contributed by atoms with Crippen molar-refractivity contribution in [3.63, 3.8) is 0 Å². The molecule has 0 fully saturated rings. The molecule has 0 bridgehead atoms. The third-order valence-electron chi connectivity index (χ3n) is 9.53. The van der Waals surface area contributed by atoms with Gasteiger partial charge in [0.15, 0.2) is 23.2 Å². The third kappa shape index (κ3) is 16.8. The number of nitrogens with two attached hydrogens (primary N) is 1. The number of aromatic nitrogens is 2. The first-order valence-corrected chi connectivity index (χ1v) is 22.1. The molecule has 0 amide bonds. The van der Waals surface area contributed by atoms with Crippen molar-refractivity contribution in [2.75, 3.05) is 26.9 Å². The van der Waals surface area contributed by atoms with E-state index in [-0.39, 0.29) is 79.7 Å². The normalized spacial score (nSPS) is 12.3. The highest BCUT2D eigenvalue weighted by Crippen LogP contribution is 2.30. The number of carbonyl (C=O) groups excluding carboxylic acids is 2. The van der Waals surface area contributed by atoms with Gasteiger partial charge in [-0.15, -0.1) is 4.40 Å². The van der Waals surface area contributed by atoms with Gasteiger partial charge in [0.2, 0.25) is 11.6 Å². The standard InChI is InChI=1S/C46H51N7O15S/c1-31(44-48-20-9-21-49-44)50-45(64-23-22-63-40(54)26-32-10-7-12-34(24-32)28-66-52(56)57)42(68-39-15-6-5-14-38(39)62-4)43(47)51-69(60,61)37-18-16-36(17-19-37)46(2,3)30-65-41(55)27-33-11-8-13-35(25-33)29-67-53(58)59/h5-21,24-25,50,56-59H,1,22-23,26-30H2,2-4H3,(H2,47,51). The molecule has 5 rings (SSSR count). The zero-order valence-corrected chi connectivity index (χ0v) is 38.4. The number of rotatable bonds is 26. The number of esters is 2. The number of methoxy groups -OCH3 is 1. The van der Waals surface area contributed by atoms with Gasteiger partial charge in [0.25, 0.3) is 10.0 Å². The second-order valence-electron chi connectivity index (χ2n) is 15.2. The smallest absolute Gasteiger partial charge is 0.310 e. The van der Waals surface area contributed by atoms with E-state index in [4.69, 9.17) is 50.2 Å². The van der Waals surface area contributed by atoms with Crippen LogP contribution >= 0.6 is 0 Å². The maximum atomic E-state index is 13.9. The molecule has 69 heavy (non-hydrogen) atoms. The van der Waals surface area contributed by atoms with E-state index < -0.39 is 49.8 Å². The molecule has 0 aliphatic carbocycles. The van der Waals surface area contributed by atoms with Crippen LogP contribution in [0.5, 0.6) is 11.5 Å². The van der Waals surface area contributed by atoms with Gasteiger partial charge in [0.1, 0.15) is 19.8 Å². The number of sulfonamides is 1. The molecule has 0 saturated carbocycles. The maximum absolute atomic E-state index is 13.9. The summed E-state index contributed by atoms with van der Waals surface area (Å²) in [6, 6.07) is 27.1. The van der Waals surface area contributed by atoms with E-state index in [9.17, 15) is 18.0 Å². The lowest BCUT2D eigenvalue weighted by atomic mass is 9.86. The van der Waals surface area contributed by atoms with Gasteiger partial charge in [-0.05, 0) is 58.1 Å². The van der Waals surface area contributed by atoms with Crippen LogP contribution in [0, 0.1) is 0 Å². The van der Waals surface area contributed by atoms with Crippen LogP contribution in [-0.2, 0) is 75.0 Å². The SMILES string of the molecule is C=C(NC(OCCOC(=O)Cc1cccc(CON(O)O)c1)=C(Oc1ccccc1OC)C(N)=NS(=O)(=O)c1ccc(C(C)(C)COC(=O)Cc2cccc(CON(O)O)c2)cc1)c1ncccn1. The van der Waals surface area contributed by atoms with Gasteiger partial charge < -0.3 is 34.7 Å². The highest BCUT2D eigenvalue weighted by molar-refractivity contribution is 7.90. The largest absolute Gasteiger partial charge is 0.493 e. The van der Waals surface area contributed by atoms with Crippen LogP contribution in [-0.4, -0.2) is 94.7 Å². The minimum absolute atomic E-state index is 0.0560. The second kappa shape index (κ2) is 25.2. The molecule has 0 aliphatic heterocycles. The molecule has 1 heterocycles. The summed E-state index contributed by atoms with van der Waals surface area (Å²) in [6.45, 7) is 6.58. The minimum atomic E-state index is -4.58. The number of nitrogens with one attached hydrogen (secondary N) is 1. The van der Waals surface area contributed by atoms with Gasteiger partial charge in [0, 0.05) is 17.8 Å². The molecule has 0 atom stereocenters. The zero-order chi connectivity index (χ0) is 50.0. The summed E-state index contributed by atoms with van der Waals surface area (Å²) in [7, 11) is -3.18. The molecule has 0 spiro atoms. The first-order valence-electron chi connectivity index (χ1n) is 20.6. The Morgan fingerprint density at radius 3 is 1.84 bits per heavy atom. The van der Waals surface area contributed by atoms with Crippen LogP contribution in [0.3, 0.4) is 0 Å². The van der Waals surface area contributed by atoms with E-state index in [0.717, 1.165) is 0 Å². The van der Waals surface area contributed by atoms with E-state index in [1.165, 1.54) is 37.7 Å². The first-order chi connectivity index (χ1) is 32.9. The predicted molar refractivity (Wildman–Crippen MR) is 242 cm³/mol. The van der Waals surface area contributed by atoms with Crippen LogP contribution in [0.2, 0.25) is 0 Å². The molecule has 0 aliphatic rings. The summed E-state index contributed by atoms with van der Waals surface area (Å²) >= 11 is 0. The number of para-hydroxylation sites is 2. The van der Waals surface area contributed by atoms with Crippen LogP contribution in [0.4, 0.5) is 0 Å². The molecular weight excluding hydrogens is 923 g/mol. The zero-order valence-electron chi connectivity index (χ0n) is 37.6. The molecule has 0 unspecified atom stereocenters. The topological polar surface area (TPSA) is 296 Å². The van der Waals surface area contributed by atoms with E-state index in [1.807, 2.05) is 13.8 Å². The number of benzene rings is 4. The number of nitrogens with zero attached hydrogens (tertiary/aromatic N) is 5. The van der Waals surface area contributed by atoms with Gasteiger partial charge in [-0.1, -0.05) is 93.2 Å². The fourth-order valence-corrected chi connectivity index (χ4v) is 7.07. The monoisotopic (exact) mass is 973 g/mol. The van der Waals surface area contributed by atoms with Crippen molar-refractivity contribution in [3.05, 3.63) is 167 Å². The number of ether oxygens (including phenoxy) is 5. The highest BCUT2D eigenvalue weighted by atomic mass is 32.2. The Bertz CT molecular complexity index is 2700. The third-order valence-corrected chi connectivity index (χ3v) is 10.8. The van der Waals surface area contributed by atoms with Crippen molar-refractivity contribution in [1.29, 1.82) is 0 Å².